The van der Waals surface area contributed by atoms with Crippen LogP contribution in [0.4, 0.5) is 0 Å². The van der Waals surface area contributed by atoms with Crippen LogP contribution in [0.3, 0.4) is 0 Å². The first-order chi connectivity index (χ1) is 12.5. The maximum absolute atomic E-state index is 12.6. The van der Waals surface area contributed by atoms with Gasteiger partial charge < -0.3 is 14.8 Å². The van der Waals surface area contributed by atoms with E-state index >= 15 is 0 Å². The molecule has 2 atom stereocenters. The molecule has 2 aromatic rings. The lowest BCUT2D eigenvalue weighted by molar-refractivity contribution is 0.301. The fourth-order valence-electron chi connectivity index (χ4n) is 4.43. The van der Waals surface area contributed by atoms with E-state index in [0.717, 1.165) is 25.7 Å². The Labute approximate surface area is 150 Å². The predicted molar refractivity (Wildman–Crippen MR) is 98.9 cm³/mol. The van der Waals surface area contributed by atoms with Gasteiger partial charge in [-0.1, -0.05) is 0 Å². The summed E-state index contributed by atoms with van der Waals surface area (Å²) in [7, 11) is 0. The van der Waals surface area contributed by atoms with Crippen LogP contribution in [0.2, 0.25) is 0 Å². The summed E-state index contributed by atoms with van der Waals surface area (Å²) >= 11 is 0. The second-order valence-electron chi connectivity index (χ2n) is 7.18. The summed E-state index contributed by atoms with van der Waals surface area (Å²) in [5.41, 5.74) is -0.434. The lowest BCUT2D eigenvalue weighted by Gasteiger charge is -2.31. The van der Waals surface area contributed by atoms with Crippen LogP contribution in [-0.2, 0) is 0 Å². The summed E-state index contributed by atoms with van der Waals surface area (Å²) in [6.07, 6.45) is 5.87. The van der Waals surface area contributed by atoms with Crippen LogP contribution in [0.5, 0.6) is 0 Å². The lowest BCUT2D eigenvalue weighted by atomic mass is 10.00. The average molecular weight is 359 g/mol. The molecule has 26 heavy (non-hydrogen) atoms. The largest absolute Gasteiger partial charge is 0.343 e. The van der Waals surface area contributed by atoms with E-state index in [4.69, 9.17) is 5.41 Å². The Bertz CT molecular complexity index is 940. The van der Waals surface area contributed by atoms with E-state index in [1.165, 1.54) is 4.57 Å². The van der Waals surface area contributed by atoms with Gasteiger partial charge in [-0.15, -0.1) is 0 Å². The minimum Gasteiger partial charge on any atom is -0.343 e. The van der Waals surface area contributed by atoms with Gasteiger partial charge in [-0.2, -0.15) is 0 Å². The number of nitrogens with zero attached hydrogens (tertiary/aromatic N) is 4. The van der Waals surface area contributed by atoms with Gasteiger partial charge in [-0.3, -0.25) is 15.2 Å². The first-order valence-corrected chi connectivity index (χ1v) is 9.35. The van der Waals surface area contributed by atoms with Gasteiger partial charge >= 0.3 is 5.69 Å². The standard InChI is InChI=1S/C17H25N7O2/c1-3-22(4-2)16(18)24-15-13(14(25)21-17(24)26)19-9-23(15)12-7-10-5-6-11(8-12)20-10/h9-12,18,20H,3-8H2,1-2H3,(H,21,25,26). The predicted octanol–water partition coefficient (Wildman–Crippen LogP) is 0.466. The van der Waals surface area contributed by atoms with Crippen molar-refractivity contribution in [2.24, 2.45) is 0 Å². The van der Waals surface area contributed by atoms with Gasteiger partial charge in [-0.05, 0) is 39.5 Å². The molecule has 140 valence electrons. The maximum atomic E-state index is 12.6. The quantitative estimate of drug-likeness (QED) is 0.545. The van der Waals surface area contributed by atoms with E-state index in [1.54, 1.807) is 11.2 Å². The highest BCUT2D eigenvalue weighted by Gasteiger charge is 2.35. The van der Waals surface area contributed by atoms with Crippen molar-refractivity contribution >= 4 is 17.1 Å². The van der Waals surface area contributed by atoms with Crippen LogP contribution >= 0.6 is 0 Å². The van der Waals surface area contributed by atoms with Crippen molar-refractivity contribution < 1.29 is 0 Å². The van der Waals surface area contributed by atoms with Crippen molar-refractivity contribution in [1.29, 1.82) is 5.41 Å². The molecule has 2 saturated heterocycles. The Balaban J connectivity index is 1.89. The Hall–Kier alpha value is -2.42. The molecule has 0 saturated carbocycles. The number of aromatic nitrogens is 4. The van der Waals surface area contributed by atoms with Gasteiger partial charge in [0.1, 0.15) is 0 Å². The van der Waals surface area contributed by atoms with Crippen LogP contribution in [0.25, 0.3) is 11.2 Å². The molecule has 2 fully saturated rings. The van der Waals surface area contributed by atoms with Crippen molar-refractivity contribution in [2.75, 3.05) is 13.1 Å². The van der Waals surface area contributed by atoms with Gasteiger partial charge in [0.15, 0.2) is 11.2 Å². The van der Waals surface area contributed by atoms with Gasteiger partial charge in [0, 0.05) is 31.2 Å². The van der Waals surface area contributed by atoms with E-state index in [0.29, 0.717) is 30.8 Å². The van der Waals surface area contributed by atoms with Crippen LogP contribution in [0.15, 0.2) is 15.9 Å². The van der Waals surface area contributed by atoms with Crippen molar-refractivity contribution in [1.82, 2.24) is 29.3 Å². The third-order valence-electron chi connectivity index (χ3n) is 5.73. The summed E-state index contributed by atoms with van der Waals surface area (Å²) in [6, 6.07) is 1.12. The van der Waals surface area contributed by atoms with Crippen molar-refractivity contribution in [2.45, 2.75) is 57.7 Å². The Kier molecular flexibility index (Phi) is 4.18. The molecular formula is C17H25N7O2. The fraction of sp³-hybridized carbons (Fsp3) is 0.647. The van der Waals surface area contributed by atoms with Crippen molar-refractivity contribution in [3.05, 3.63) is 27.2 Å². The molecule has 3 N–H and O–H groups in total. The number of imidazole rings is 1. The van der Waals surface area contributed by atoms with E-state index in [9.17, 15) is 9.59 Å². The molecule has 9 nitrogen and oxygen atoms in total. The van der Waals surface area contributed by atoms with E-state index in [2.05, 4.69) is 15.3 Å². The smallest absolute Gasteiger partial charge is 0.337 e. The topological polar surface area (TPSA) is 112 Å². The number of nitrogens with one attached hydrogen (secondary N) is 3. The van der Waals surface area contributed by atoms with Gasteiger partial charge in [0.25, 0.3) is 5.56 Å². The molecule has 2 aromatic heterocycles. The van der Waals surface area contributed by atoms with Crippen LogP contribution in [0, 0.1) is 5.41 Å². The summed E-state index contributed by atoms with van der Waals surface area (Å²) in [5.74, 6) is 0.0694. The third-order valence-corrected chi connectivity index (χ3v) is 5.73. The molecule has 4 heterocycles. The second-order valence-corrected chi connectivity index (χ2v) is 7.18. The SMILES string of the molecule is CCN(CC)C(=N)n1c(=O)[nH]c(=O)c2ncn(C3CC4CCC(C3)N4)c21. The molecule has 0 spiro atoms. The molecule has 2 unspecified atom stereocenters. The number of hydrogen-bond acceptors (Lipinski definition) is 5. The first kappa shape index (κ1) is 17.0. The molecule has 2 aliphatic rings. The van der Waals surface area contributed by atoms with E-state index in [1.807, 2.05) is 18.4 Å². The van der Waals surface area contributed by atoms with Crippen molar-refractivity contribution in [3.63, 3.8) is 0 Å². The molecule has 9 heteroatoms. The Morgan fingerprint density at radius 3 is 2.54 bits per heavy atom. The van der Waals surface area contributed by atoms with E-state index in [-0.39, 0.29) is 17.5 Å². The number of piperidine rings is 1. The molecule has 0 aliphatic carbocycles. The minimum absolute atomic E-state index is 0.0694. The number of aromatic amines is 1. The number of H-pyrrole nitrogens is 1. The van der Waals surface area contributed by atoms with E-state index < -0.39 is 11.2 Å². The van der Waals surface area contributed by atoms with Gasteiger partial charge in [-0.25, -0.2) is 14.3 Å². The summed E-state index contributed by atoms with van der Waals surface area (Å²) in [4.78, 5) is 33.2. The summed E-state index contributed by atoms with van der Waals surface area (Å²) < 4.78 is 3.23. The first-order valence-electron chi connectivity index (χ1n) is 9.35. The average Bonchev–Trinajstić information content (AvgIpc) is 3.19. The minimum atomic E-state index is -0.585. The zero-order chi connectivity index (χ0) is 18.4. The molecular weight excluding hydrogens is 334 g/mol. The van der Waals surface area contributed by atoms with Crippen LogP contribution in [-0.4, -0.2) is 55.1 Å². The summed E-state index contributed by atoms with van der Waals surface area (Å²) in [5, 5.41) is 12.1. The highest BCUT2D eigenvalue weighted by atomic mass is 16.2. The Morgan fingerprint density at radius 2 is 1.92 bits per heavy atom. The highest BCUT2D eigenvalue weighted by molar-refractivity contribution is 5.87. The number of rotatable bonds is 3. The molecule has 4 rings (SSSR count). The monoisotopic (exact) mass is 359 g/mol. The molecule has 2 bridgehead atoms. The third kappa shape index (κ3) is 2.57. The maximum Gasteiger partial charge on any atom is 0.337 e. The van der Waals surface area contributed by atoms with Crippen LogP contribution in [0.1, 0.15) is 45.6 Å². The molecule has 0 aromatic carbocycles. The fourth-order valence-corrected chi connectivity index (χ4v) is 4.43. The van der Waals surface area contributed by atoms with Gasteiger partial charge in [0.05, 0.1) is 6.33 Å². The summed E-state index contributed by atoms with van der Waals surface area (Å²) in [6.45, 7) is 5.09. The normalized spacial score (nSPS) is 24.9. The highest BCUT2D eigenvalue weighted by Crippen LogP contribution is 2.35. The molecule has 0 amide bonds. The zero-order valence-electron chi connectivity index (χ0n) is 15.2. The molecule has 0 radical (unpaired) electrons. The second kappa shape index (κ2) is 6.39. The Morgan fingerprint density at radius 1 is 1.27 bits per heavy atom. The lowest BCUT2D eigenvalue weighted by Crippen LogP contribution is -2.44. The van der Waals surface area contributed by atoms with Gasteiger partial charge in [0.2, 0.25) is 5.96 Å². The van der Waals surface area contributed by atoms with Crippen LogP contribution < -0.4 is 16.6 Å². The molecule has 2 aliphatic heterocycles. The zero-order valence-corrected chi connectivity index (χ0v) is 15.2. The number of fused-ring (bicyclic) bond motifs is 3. The number of hydrogen-bond donors (Lipinski definition) is 3. The van der Waals surface area contributed by atoms with Crippen molar-refractivity contribution in [3.8, 4) is 0 Å².